The Balaban J connectivity index is 2.63. The van der Waals surface area contributed by atoms with Gasteiger partial charge in [-0.3, -0.25) is 10.1 Å². The van der Waals surface area contributed by atoms with Gasteiger partial charge in [0.1, 0.15) is 5.75 Å². The van der Waals surface area contributed by atoms with E-state index in [4.69, 9.17) is 23.2 Å². The van der Waals surface area contributed by atoms with Crippen molar-refractivity contribution in [1.82, 2.24) is 0 Å². The van der Waals surface area contributed by atoms with Crippen LogP contribution < -0.4 is 4.74 Å². The van der Waals surface area contributed by atoms with Gasteiger partial charge in [-0.25, -0.2) is 0 Å². The molecule has 0 radical (unpaired) electrons. The Morgan fingerprint density at radius 3 is 2.36 bits per heavy atom. The van der Waals surface area contributed by atoms with Crippen molar-refractivity contribution in [2.24, 2.45) is 0 Å². The first-order valence-electron chi connectivity index (χ1n) is 5.67. The van der Waals surface area contributed by atoms with Gasteiger partial charge in [0.25, 0.3) is 5.69 Å². The molecule has 0 N–H and O–H groups in total. The molecule has 0 atom stereocenters. The second-order valence-corrected chi connectivity index (χ2v) is 4.87. The van der Waals surface area contributed by atoms with Crippen LogP contribution in [0.2, 0.25) is 10.0 Å². The van der Waals surface area contributed by atoms with Crippen molar-refractivity contribution in [2.45, 2.75) is 6.36 Å². The fraction of sp³-hybridized carbons (Fsp3) is 0.0769. The Kier molecular flexibility index (Phi) is 4.48. The molecule has 0 unspecified atom stereocenters. The first-order chi connectivity index (χ1) is 10.2. The quantitative estimate of drug-likeness (QED) is 0.544. The first kappa shape index (κ1) is 16.4. The van der Waals surface area contributed by atoms with Gasteiger partial charge in [-0.05, 0) is 18.2 Å². The highest BCUT2D eigenvalue weighted by Crippen LogP contribution is 2.40. The van der Waals surface area contributed by atoms with Crippen molar-refractivity contribution >= 4 is 28.9 Å². The summed E-state index contributed by atoms with van der Waals surface area (Å²) in [6, 6.07) is 7.00. The predicted molar refractivity (Wildman–Crippen MR) is 75.2 cm³/mol. The molecule has 0 aliphatic rings. The summed E-state index contributed by atoms with van der Waals surface area (Å²) >= 11 is 11.8. The lowest BCUT2D eigenvalue weighted by atomic mass is 10.0. The Hall–Kier alpha value is -1.99. The van der Waals surface area contributed by atoms with Crippen molar-refractivity contribution in [3.63, 3.8) is 0 Å². The van der Waals surface area contributed by atoms with Crippen molar-refractivity contribution in [1.29, 1.82) is 0 Å². The van der Waals surface area contributed by atoms with Gasteiger partial charge in [-0.2, -0.15) is 0 Å². The molecular weight excluding hydrogens is 346 g/mol. The van der Waals surface area contributed by atoms with Gasteiger partial charge in [0.2, 0.25) is 0 Å². The molecule has 0 aromatic heterocycles. The molecule has 4 nitrogen and oxygen atoms in total. The number of benzene rings is 2. The molecule has 0 saturated carbocycles. The zero-order valence-electron chi connectivity index (χ0n) is 10.5. The minimum atomic E-state index is -4.91. The van der Waals surface area contributed by atoms with Crippen LogP contribution in [0.4, 0.5) is 18.9 Å². The number of nitro benzene ring substituents is 1. The van der Waals surface area contributed by atoms with Crippen LogP contribution in [-0.4, -0.2) is 11.3 Å². The number of hydrogen-bond acceptors (Lipinski definition) is 3. The van der Waals surface area contributed by atoms with E-state index in [1.54, 1.807) is 0 Å². The lowest BCUT2D eigenvalue weighted by Crippen LogP contribution is -2.17. The van der Waals surface area contributed by atoms with Crippen LogP contribution in [0.1, 0.15) is 0 Å². The SMILES string of the molecule is O=[N+]([O-])c1ccc(OC(F)(F)F)cc1-c1cccc(Cl)c1Cl. The molecule has 0 aliphatic heterocycles. The van der Waals surface area contributed by atoms with E-state index in [1.807, 2.05) is 0 Å². The van der Waals surface area contributed by atoms with Gasteiger partial charge in [-0.1, -0.05) is 35.3 Å². The molecule has 2 aromatic rings. The maximum absolute atomic E-state index is 12.3. The van der Waals surface area contributed by atoms with E-state index in [0.29, 0.717) is 0 Å². The molecule has 0 spiro atoms. The third kappa shape index (κ3) is 3.61. The van der Waals surface area contributed by atoms with Gasteiger partial charge in [0.15, 0.2) is 0 Å². The Morgan fingerprint density at radius 2 is 1.77 bits per heavy atom. The standard InChI is InChI=1S/C13H6Cl2F3NO3/c14-10-3-1-2-8(12(10)15)9-6-7(22-13(16,17)18)4-5-11(9)19(20)21/h1-6H. The summed E-state index contributed by atoms with van der Waals surface area (Å²) < 4.78 is 40.6. The van der Waals surface area contributed by atoms with E-state index in [-0.39, 0.29) is 21.2 Å². The number of ether oxygens (including phenoxy) is 1. The van der Waals surface area contributed by atoms with Crippen LogP contribution in [0.3, 0.4) is 0 Å². The van der Waals surface area contributed by atoms with Crippen LogP contribution in [0.25, 0.3) is 11.1 Å². The number of nitro groups is 1. The Morgan fingerprint density at radius 1 is 1.09 bits per heavy atom. The van der Waals surface area contributed by atoms with Crippen LogP contribution in [0.15, 0.2) is 36.4 Å². The fourth-order valence-corrected chi connectivity index (χ4v) is 2.20. The van der Waals surface area contributed by atoms with E-state index in [2.05, 4.69) is 4.74 Å². The van der Waals surface area contributed by atoms with Crippen LogP contribution in [0.5, 0.6) is 5.75 Å². The molecule has 9 heteroatoms. The smallest absolute Gasteiger partial charge is 0.406 e. The summed E-state index contributed by atoms with van der Waals surface area (Å²) in [6.07, 6.45) is -4.91. The molecular formula is C13H6Cl2F3NO3. The lowest BCUT2D eigenvalue weighted by molar-refractivity contribution is -0.384. The van der Waals surface area contributed by atoms with E-state index >= 15 is 0 Å². The Bertz CT molecular complexity index is 735. The van der Waals surface area contributed by atoms with Crippen LogP contribution in [-0.2, 0) is 0 Å². The number of halogens is 5. The molecule has 116 valence electrons. The number of hydrogen-bond donors (Lipinski definition) is 0. The summed E-state index contributed by atoms with van der Waals surface area (Å²) in [4.78, 5) is 10.3. The van der Waals surface area contributed by atoms with E-state index in [1.165, 1.54) is 18.2 Å². The maximum Gasteiger partial charge on any atom is 0.573 e. The highest BCUT2D eigenvalue weighted by Gasteiger charge is 2.32. The van der Waals surface area contributed by atoms with Gasteiger partial charge in [0.05, 0.1) is 20.5 Å². The maximum atomic E-state index is 12.3. The molecule has 2 aromatic carbocycles. The van der Waals surface area contributed by atoms with E-state index in [0.717, 1.165) is 18.2 Å². The number of alkyl halides is 3. The van der Waals surface area contributed by atoms with E-state index in [9.17, 15) is 23.3 Å². The predicted octanol–water partition coefficient (Wildman–Crippen LogP) is 5.47. The highest BCUT2D eigenvalue weighted by atomic mass is 35.5. The van der Waals surface area contributed by atoms with Crippen molar-refractivity contribution in [3.8, 4) is 16.9 Å². The molecule has 2 rings (SSSR count). The summed E-state index contributed by atoms with van der Waals surface area (Å²) in [6.45, 7) is 0. The third-order valence-corrected chi connectivity index (χ3v) is 3.46. The first-order valence-corrected chi connectivity index (χ1v) is 6.43. The summed E-state index contributed by atoms with van der Waals surface area (Å²) in [5, 5.41) is 11.2. The third-order valence-electron chi connectivity index (χ3n) is 2.64. The molecule has 22 heavy (non-hydrogen) atoms. The molecule has 0 amide bonds. The minimum absolute atomic E-state index is 0.00331. The lowest BCUT2D eigenvalue weighted by Gasteiger charge is -2.11. The second-order valence-electron chi connectivity index (χ2n) is 4.09. The normalized spacial score (nSPS) is 11.3. The topological polar surface area (TPSA) is 52.4 Å². The average Bonchev–Trinajstić information content (AvgIpc) is 2.39. The van der Waals surface area contributed by atoms with Gasteiger partial charge >= 0.3 is 6.36 Å². The number of rotatable bonds is 3. The zero-order valence-corrected chi connectivity index (χ0v) is 12.0. The van der Waals surface area contributed by atoms with Crippen molar-refractivity contribution in [3.05, 3.63) is 56.6 Å². The number of nitrogens with zero attached hydrogens (tertiary/aromatic N) is 1. The monoisotopic (exact) mass is 351 g/mol. The van der Waals surface area contributed by atoms with Crippen LogP contribution in [0, 0.1) is 10.1 Å². The second kappa shape index (κ2) is 6.02. The van der Waals surface area contributed by atoms with E-state index < -0.39 is 22.7 Å². The van der Waals surface area contributed by atoms with Crippen molar-refractivity contribution < 1.29 is 22.8 Å². The Labute approximate surface area is 132 Å². The highest BCUT2D eigenvalue weighted by molar-refractivity contribution is 6.43. The summed E-state index contributed by atoms with van der Waals surface area (Å²) in [5.74, 6) is -0.593. The molecule has 0 heterocycles. The van der Waals surface area contributed by atoms with Crippen molar-refractivity contribution in [2.75, 3.05) is 0 Å². The van der Waals surface area contributed by atoms with Gasteiger partial charge in [0, 0.05) is 11.6 Å². The molecule has 0 aliphatic carbocycles. The summed E-state index contributed by atoms with van der Waals surface area (Å²) in [7, 11) is 0. The molecule has 0 bridgehead atoms. The average molecular weight is 352 g/mol. The fourth-order valence-electron chi connectivity index (χ4n) is 1.80. The zero-order chi connectivity index (χ0) is 16.5. The minimum Gasteiger partial charge on any atom is -0.406 e. The molecule has 0 saturated heterocycles. The largest absolute Gasteiger partial charge is 0.573 e. The summed E-state index contributed by atoms with van der Waals surface area (Å²) in [5.41, 5.74) is -0.411. The van der Waals surface area contributed by atoms with Crippen LogP contribution >= 0.6 is 23.2 Å². The van der Waals surface area contributed by atoms with Gasteiger partial charge in [-0.15, -0.1) is 13.2 Å². The van der Waals surface area contributed by atoms with Gasteiger partial charge < -0.3 is 4.74 Å². The molecule has 0 fully saturated rings.